The molecule has 7 heteroatoms. The van der Waals surface area contributed by atoms with E-state index in [0.29, 0.717) is 12.8 Å². The second kappa shape index (κ2) is 5.26. The molecule has 2 rings (SSSR count). The van der Waals surface area contributed by atoms with Crippen molar-refractivity contribution in [2.75, 3.05) is 0 Å². The number of nitrogens with one attached hydrogen (secondary N) is 1. The number of aliphatic carboxylic acids is 1. The fourth-order valence-corrected chi connectivity index (χ4v) is 3.55. The molecule has 1 aromatic carbocycles. The molecule has 0 saturated heterocycles. The van der Waals surface area contributed by atoms with Gasteiger partial charge in [0.15, 0.2) is 0 Å². The second-order valence-corrected chi connectivity index (χ2v) is 6.34. The maximum Gasteiger partial charge on any atom is 0.306 e. The van der Waals surface area contributed by atoms with Crippen LogP contribution >= 0.6 is 0 Å². The third-order valence-electron chi connectivity index (χ3n) is 3.21. The van der Waals surface area contributed by atoms with E-state index in [1.165, 1.54) is 12.1 Å². The van der Waals surface area contributed by atoms with Crippen molar-refractivity contribution in [2.24, 2.45) is 5.92 Å². The first kappa shape index (κ1) is 14.0. The van der Waals surface area contributed by atoms with Crippen molar-refractivity contribution in [3.05, 3.63) is 30.1 Å². The van der Waals surface area contributed by atoms with Gasteiger partial charge in [0.2, 0.25) is 10.0 Å². The van der Waals surface area contributed by atoms with Crippen LogP contribution in [0.4, 0.5) is 4.39 Å². The molecule has 1 aliphatic rings. The van der Waals surface area contributed by atoms with E-state index in [2.05, 4.69) is 4.72 Å². The van der Waals surface area contributed by atoms with Gasteiger partial charge in [0, 0.05) is 6.04 Å². The number of benzene rings is 1. The lowest BCUT2D eigenvalue weighted by atomic mass is 10.1. The van der Waals surface area contributed by atoms with Crippen molar-refractivity contribution in [1.29, 1.82) is 0 Å². The Labute approximate surface area is 110 Å². The van der Waals surface area contributed by atoms with Crippen LogP contribution in [0.25, 0.3) is 0 Å². The first-order valence-electron chi connectivity index (χ1n) is 5.89. The lowest BCUT2D eigenvalue weighted by Gasteiger charge is -2.13. The Balaban J connectivity index is 2.09. The smallest absolute Gasteiger partial charge is 0.306 e. The van der Waals surface area contributed by atoms with Crippen LogP contribution in [0, 0.1) is 11.7 Å². The van der Waals surface area contributed by atoms with Gasteiger partial charge in [0.1, 0.15) is 5.82 Å². The Morgan fingerprint density at radius 3 is 2.68 bits per heavy atom. The van der Waals surface area contributed by atoms with Crippen LogP contribution in [-0.2, 0) is 14.8 Å². The van der Waals surface area contributed by atoms with Crippen LogP contribution in [0.15, 0.2) is 29.2 Å². The number of hydrogen-bond acceptors (Lipinski definition) is 3. The first-order valence-corrected chi connectivity index (χ1v) is 7.37. The Hall–Kier alpha value is -1.47. The quantitative estimate of drug-likeness (QED) is 0.875. The van der Waals surface area contributed by atoms with Gasteiger partial charge in [-0.15, -0.1) is 0 Å². The van der Waals surface area contributed by atoms with Crippen molar-refractivity contribution in [1.82, 2.24) is 4.72 Å². The summed E-state index contributed by atoms with van der Waals surface area (Å²) in [5.74, 6) is -2.05. The lowest BCUT2D eigenvalue weighted by Crippen LogP contribution is -2.33. The minimum atomic E-state index is -3.80. The number of carbonyl (C=O) groups is 1. The van der Waals surface area contributed by atoms with Gasteiger partial charge in [0.25, 0.3) is 0 Å². The zero-order valence-electron chi connectivity index (χ0n) is 10.0. The van der Waals surface area contributed by atoms with E-state index < -0.39 is 33.8 Å². The van der Waals surface area contributed by atoms with Gasteiger partial charge < -0.3 is 5.11 Å². The van der Waals surface area contributed by atoms with Gasteiger partial charge in [-0.05, 0) is 37.5 Å². The average molecular weight is 287 g/mol. The number of halogens is 1. The topological polar surface area (TPSA) is 83.5 Å². The molecule has 0 heterocycles. The molecule has 0 unspecified atom stereocenters. The molecule has 0 spiro atoms. The van der Waals surface area contributed by atoms with Crippen LogP contribution in [0.3, 0.4) is 0 Å². The molecule has 1 aliphatic carbocycles. The summed E-state index contributed by atoms with van der Waals surface area (Å²) in [5, 5.41) is 8.86. The molecular weight excluding hydrogens is 273 g/mol. The van der Waals surface area contributed by atoms with Crippen LogP contribution in [0.5, 0.6) is 0 Å². The van der Waals surface area contributed by atoms with E-state index in [-0.39, 0.29) is 11.3 Å². The summed E-state index contributed by atoms with van der Waals surface area (Å²) < 4.78 is 39.4. The number of hydrogen-bond donors (Lipinski definition) is 2. The summed E-state index contributed by atoms with van der Waals surface area (Å²) in [5.41, 5.74) is 0. The summed E-state index contributed by atoms with van der Waals surface area (Å²) in [4.78, 5) is 10.7. The van der Waals surface area contributed by atoms with Gasteiger partial charge in [-0.25, -0.2) is 17.5 Å². The molecule has 1 aromatic rings. The highest BCUT2D eigenvalue weighted by atomic mass is 32.2. The summed E-state index contributed by atoms with van der Waals surface area (Å²) in [7, 11) is -3.80. The number of rotatable bonds is 4. The number of carboxylic acids is 1. The molecule has 1 saturated carbocycles. The largest absolute Gasteiger partial charge is 0.481 e. The maximum absolute atomic E-state index is 13.0. The summed E-state index contributed by atoms with van der Waals surface area (Å²) in [6.45, 7) is 0. The molecule has 104 valence electrons. The predicted molar refractivity (Wildman–Crippen MR) is 65.5 cm³/mol. The Bertz CT molecular complexity index is 587. The molecule has 19 heavy (non-hydrogen) atoms. The highest BCUT2D eigenvalue weighted by molar-refractivity contribution is 7.89. The molecule has 5 nitrogen and oxygen atoms in total. The monoisotopic (exact) mass is 287 g/mol. The van der Waals surface area contributed by atoms with Crippen LogP contribution in [-0.4, -0.2) is 25.5 Å². The summed E-state index contributed by atoms with van der Waals surface area (Å²) >= 11 is 0. The molecule has 0 amide bonds. The van der Waals surface area contributed by atoms with E-state index in [1.807, 2.05) is 0 Å². The van der Waals surface area contributed by atoms with Crippen LogP contribution < -0.4 is 4.72 Å². The molecular formula is C12H14FNO4S. The highest BCUT2D eigenvalue weighted by Crippen LogP contribution is 2.27. The summed E-state index contributed by atoms with van der Waals surface area (Å²) in [6.07, 6.45) is 1.20. The molecule has 0 bridgehead atoms. The standard InChI is InChI=1S/C12H14FNO4S/c13-9-2-1-3-11(7-9)19(17,18)14-10-5-4-8(6-10)12(15)16/h1-3,7-8,10,14H,4-6H2,(H,15,16)/t8-,10+/m1/s1. The minimum Gasteiger partial charge on any atom is -0.481 e. The summed E-state index contributed by atoms with van der Waals surface area (Å²) in [6, 6.07) is 4.31. The van der Waals surface area contributed by atoms with E-state index >= 15 is 0 Å². The predicted octanol–water partition coefficient (Wildman–Crippen LogP) is 1.36. The Kier molecular flexibility index (Phi) is 3.86. The molecule has 1 fully saturated rings. The Morgan fingerprint density at radius 2 is 2.11 bits per heavy atom. The van der Waals surface area contributed by atoms with E-state index in [4.69, 9.17) is 5.11 Å². The van der Waals surface area contributed by atoms with Gasteiger partial charge in [-0.1, -0.05) is 6.07 Å². The zero-order valence-corrected chi connectivity index (χ0v) is 10.9. The van der Waals surface area contributed by atoms with Crippen LogP contribution in [0.1, 0.15) is 19.3 Å². The van der Waals surface area contributed by atoms with Gasteiger partial charge in [-0.2, -0.15) is 0 Å². The zero-order chi connectivity index (χ0) is 14.0. The molecule has 2 N–H and O–H groups in total. The van der Waals surface area contributed by atoms with E-state index in [9.17, 15) is 17.6 Å². The van der Waals surface area contributed by atoms with Crippen LogP contribution in [0.2, 0.25) is 0 Å². The second-order valence-electron chi connectivity index (χ2n) is 4.62. The van der Waals surface area contributed by atoms with Gasteiger partial charge in [0.05, 0.1) is 10.8 Å². The number of sulfonamides is 1. The van der Waals surface area contributed by atoms with Crippen molar-refractivity contribution < 1.29 is 22.7 Å². The molecule has 0 aromatic heterocycles. The first-order chi connectivity index (χ1) is 8.88. The normalized spacial score (nSPS) is 23.4. The minimum absolute atomic E-state index is 0.147. The van der Waals surface area contributed by atoms with E-state index in [1.54, 1.807) is 0 Å². The van der Waals surface area contributed by atoms with E-state index in [0.717, 1.165) is 12.1 Å². The average Bonchev–Trinajstić information content (AvgIpc) is 2.77. The third kappa shape index (κ3) is 3.30. The Morgan fingerprint density at radius 1 is 1.37 bits per heavy atom. The van der Waals surface area contributed by atoms with Crippen molar-refractivity contribution in [3.63, 3.8) is 0 Å². The van der Waals surface area contributed by atoms with Crippen molar-refractivity contribution >= 4 is 16.0 Å². The van der Waals surface area contributed by atoms with Gasteiger partial charge >= 0.3 is 5.97 Å². The highest BCUT2D eigenvalue weighted by Gasteiger charge is 2.32. The maximum atomic E-state index is 13.0. The molecule has 0 aliphatic heterocycles. The third-order valence-corrected chi connectivity index (χ3v) is 4.73. The SMILES string of the molecule is O=C(O)[C@@H]1CC[C@H](NS(=O)(=O)c2cccc(F)c2)C1. The fraction of sp³-hybridized carbons (Fsp3) is 0.417. The molecule has 0 radical (unpaired) electrons. The van der Waals surface area contributed by atoms with Gasteiger partial charge in [-0.3, -0.25) is 4.79 Å². The number of carboxylic acid groups (broad SMARTS) is 1. The van der Waals surface area contributed by atoms with Crippen molar-refractivity contribution in [2.45, 2.75) is 30.2 Å². The van der Waals surface area contributed by atoms with Crippen molar-refractivity contribution in [3.8, 4) is 0 Å². The molecule has 2 atom stereocenters. The lowest BCUT2D eigenvalue weighted by molar-refractivity contribution is -0.141. The fourth-order valence-electron chi connectivity index (χ4n) is 2.23.